The number of aromatic nitrogens is 2. The van der Waals surface area contributed by atoms with Gasteiger partial charge in [-0.25, -0.2) is 9.97 Å². The zero-order chi connectivity index (χ0) is 7.40. The van der Waals surface area contributed by atoms with Gasteiger partial charge in [0.25, 0.3) is 0 Å². The van der Waals surface area contributed by atoms with Crippen LogP contribution in [0.2, 0.25) is 0 Å². The van der Waals surface area contributed by atoms with Crippen LogP contribution in [0.1, 0.15) is 6.92 Å². The maximum Gasteiger partial charge on any atom is 0.232 e. The second-order valence-corrected chi connectivity index (χ2v) is 1.71. The summed E-state index contributed by atoms with van der Waals surface area (Å²) in [5.41, 5.74) is 5.29. The molecule has 2 N–H and O–H groups in total. The van der Waals surface area contributed by atoms with E-state index in [4.69, 9.17) is 10.5 Å². The molecule has 0 unspecified atom stereocenters. The first-order chi connectivity index (χ1) is 4.83. The molecular weight excluding hydrogens is 130 g/mol. The number of rotatable bonds is 2. The highest BCUT2D eigenvalue weighted by Crippen LogP contribution is 2.03. The number of nitrogen functional groups attached to an aromatic ring is 1. The number of ether oxygens (including phenoxy) is 1. The first-order valence-electron chi connectivity index (χ1n) is 3.03. The quantitative estimate of drug-likeness (QED) is 0.646. The Balaban J connectivity index is 2.69. The van der Waals surface area contributed by atoms with E-state index in [-0.39, 0.29) is 0 Å². The first kappa shape index (κ1) is 6.80. The highest BCUT2D eigenvalue weighted by Gasteiger charge is 1.91. The first-order valence-corrected chi connectivity index (χ1v) is 3.03. The van der Waals surface area contributed by atoms with Crippen molar-refractivity contribution in [3.8, 4) is 5.88 Å². The molecule has 0 radical (unpaired) electrons. The molecule has 0 aliphatic rings. The van der Waals surface area contributed by atoms with Crippen molar-refractivity contribution >= 4 is 5.82 Å². The van der Waals surface area contributed by atoms with Gasteiger partial charge >= 0.3 is 0 Å². The lowest BCUT2D eigenvalue weighted by Gasteiger charge is -1.98. The Hall–Kier alpha value is -1.32. The maximum atomic E-state index is 5.29. The van der Waals surface area contributed by atoms with Crippen LogP contribution >= 0.6 is 0 Å². The molecule has 0 saturated carbocycles. The molecule has 0 aromatic carbocycles. The molecule has 54 valence electrons. The summed E-state index contributed by atoms with van der Waals surface area (Å²) in [4.78, 5) is 7.65. The Morgan fingerprint density at radius 1 is 1.50 bits per heavy atom. The van der Waals surface area contributed by atoms with E-state index in [2.05, 4.69) is 9.97 Å². The summed E-state index contributed by atoms with van der Waals surface area (Å²) < 4.78 is 5.03. The predicted molar refractivity (Wildman–Crippen MR) is 37.6 cm³/mol. The zero-order valence-corrected chi connectivity index (χ0v) is 5.74. The van der Waals surface area contributed by atoms with Crippen LogP contribution in [0.25, 0.3) is 0 Å². The van der Waals surface area contributed by atoms with Crippen molar-refractivity contribution in [3.05, 3.63) is 12.4 Å². The van der Waals surface area contributed by atoms with Crippen LogP contribution < -0.4 is 10.5 Å². The van der Waals surface area contributed by atoms with Crippen LogP contribution in [0.3, 0.4) is 0 Å². The fourth-order valence-electron chi connectivity index (χ4n) is 0.549. The number of anilines is 1. The molecule has 0 aliphatic heterocycles. The molecule has 0 aliphatic carbocycles. The minimum Gasteiger partial charge on any atom is -0.477 e. The van der Waals surface area contributed by atoms with Crippen molar-refractivity contribution in [2.75, 3.05) is 12.3 Å². The third-order valence-corrected chi connectivity index (χ3v) is 0.940. The maximum absolute atomic E-state index is 5.29. The van der Waals surface area contributed by atoms with Gasteiger partial charge in [0.1, 0.15) is 5.82 Å². The van der Waals surface area contributed by atoms with E-state index in [0.29, 0.717) is 18.3 Å². The lowest BCUT2D eigenvalue weighted by Crippen LogP contribution is -1.96. The summed E-state index contributed by atoms with van der Waals surface area (Å²) in [6, 6.07) is 0. The molecule has 0 atom stereocenters. The molecule has 0 amide bonds. The van der Waals surface area contributed by atoms with E-state index < -0.39 is 0 Å². The van der Waals surface area contributed by atoms with Crippen LogP contribution in [0.4, 0.5) is 5.82 Å². The predicted octanol–water partition coefficient (Wildman–Crippen LogP) is 0.457. The van der Waals surface area contributed by atoms with Gasteiger partial charge in [0.15, 0.2) is 0 Å². The van der Waals surface area contributed by atoms with Gasteiger partial charge < -0.3 is 10.5 Å². The van der Waals surface area contributed by atoms with Crippen LogP contribution in [0, 0.1) is 0 Å². The minimum atomic E-state index is 0.406. The van der Waals surface area contributed by atoms with Crippen LogP contribution in [-0.2, 0) is 0 Å². The van der Waals surface area contributed by atoms with Gasteiger partial charge in [-0.15, -0.1) is 0 Å². The molecule has 0 spiro atoms. The van der Waals surface area contributed by atoms with Crippen molar-refractivity contribution in [1.29, 1.82) is 0 Å². The molecule has 1 aromatic rings. The Morgan fingerprint density at radius 3 is 2.80 bits per heavy atom. The summed E-state index contributed by atoms with van der Waals surface area (Å²) in [5.74, 6) is 0.917. The number of hydrogen-bond acceptors (Lipinski definition) is 4. The van der Waals surface area contributed by atoms with Gasteiger partial charge in [0.2, 0.25) is 5.88 Å². The van der Waals surface area contributed by atoms with E-state index >= 15 is 0 Å². The van der Waals surface area contributed by atoms with E-state index in [1.54, 1.807) is 0 Å². The highest BCUT2D eigenvalue weighted by molar-refractivity contribution is 5.24. The summed E-state index contributed by atoms with van der Waals surface area (Å²) in [5, 5.41) is 0. The minimum absolute atomic E-state index is 0.406. The topological polar surface area (TPSA) is 61.0 Å². The third kappa shape index (κ3) is 1.58. The highest BCUT2D eigenvalue weighted by atomic mass is 16.5. The molecule has 0 fully saturated rings. The van der Waals surface area contributed by atoms with Gasteiger partial charge in [-0.05, 0) is 6.92 Å². The molecule has 1 aromatic heterocycles. The molecule has 0 saturated heterocycles. The van der Waals surface area contributed by atoms with Crippen molar-refractivity contribution in [2.45, 2.75) is 6.92 Å². The van der Waals surface area contributed by atoms with Crippen LogP contribution in [0.5, 0.6) is 5.88 Å². The number of hydrogen-bond donors (Lipinski definition) is 1. The van der Waals surface area contributed by atoms with E-state index in [1.807, 2.05) is 6.92 Å². The monoisotopic (exact) mass is 139 g/mol. The molecule has 4 heteroatoms. The number of nitrogens with zero attached hydrogens (tertiary/aromatic N) is 2. The molecule has 4 nitrogen and oxygen atoms in total. The summed E-state index contributed by atoms with van der Waals surface area (Å²) >= 11 is 0. The van der Waals surface area contributed by atoms with Crippen molar-refractivity contribution in [3.63, 3.8) is 0 Å². The standard InChI is InChI=1S/C6H9N3O/c1-2-10-6-4-8-5(7)3-9-6/h3-4H,2H2,1H3,(H2,7,8). The molecule has 10 heavy (non-hydrogen) atoms. The van der Waals surface area contributed by atoms with Crippen LogP contribution in [0.15, 0.2) is 12.4 Å². The Labute approximate surface area is 59.1 Å². The summed E-state index contributed by atoms with van der Waals surface area (Å²) in [6.07, 6.45) is 2.96. The average molecular weight is 139 g/mol. The van der Waals surface area contributed by atoms with Gasteiger partial charge in [-0.3, -0.25) is 0 Å². The molecule has 1 heterocycles. The van der Waals surface area contributed by atoms with Crippen molar-refractivity contribution in [2.24, 2.45) is 0 Å². The summed E-state index contributed by atoms with van der Waals surface area (Å²) in [6.45, 7) is 2.48. The average Bonchev–Trinajstić information content (AvgIpc) is 1.95. The van der Waals surface area contributed by atoms with Gasteiger partial charge in [-0.1, -0.05) is 0 Å². The molecule has 0 bridgehead atoms. The zero-order valence-electron chi connectivity index (χ0n) is 5.74. The van der Waals surface area contributed by atoms with E-state index in [0.717, 1.165) is 0 Å². The Morgan fingerprint density at radius 2 is 2.30 bits per heavy atom. The van der Waals surface area contributed by atoms with Gasteiger partial charge in [0.05, 0.1) is 19.0 Å². The van der Waals surface area contributed by atoms with E-state index in [1.165, 1.54) is 12.4 Å². The summed E-state index contributed by atoms with van der Waals surface area (Å²) in [7, 11) is 0. The number of nitrogens with two attached hydrogens (primary N) is 1. The fraction of sp³-hybridized carbons (Fsp3) is 0.333. The van der Waals surface area contributed by atoms with Crippen molar-refractivity contribution < 1.29 is 4.74 Å². The third-order valence-electron chi connectivity index (χ3n) is 0.940. The second kappa shape index (κ2) is 3.00. The van der Waals surface area contributed by atoms with Crippen LogP contribution in [-0.4, -0.2) is 16.6 Å². The molecular formula is C6H9N3O. The lowest BCUT2D eigenvalue weighted by atomic mass is 10.6. The lowest BCUT2D eigenvalue weighted by molar-refractivity contribution is 0.325. The Kier molecular flexibility index (Phi) is 2.04. The normalized spacial score (nSPS) is 9.30. The smallest absolute Gasteiger partial charge is 0.232 e. The SMILES string of the molecule is CCOc1cnc(N)cn1. The second-order valence-electron chi connectivity index (χ2n) is 1.71. The van der Waals surface area contributed by atoms with Gasteiger partial charge in [0, 0.05) is 0 Å². The van der Waals surface area contributed by atoms with E-state index in [9.17, 15) is 0 Å². The van der Waals surface area contributed by atoms with Gasteiger partial charge in [-0.2, -0.15) is 0 Å². The fourth-order valence-corrected chi connectivity index (χ4v) is 0.549. The molecule has 1 rings (SSSR count). The largest absolute Gasteiger partial charge is 0.477 e. The van der Waals surface area contributed by atoms with Crippen molar-refractivity contribution in [1.82, 2.24) is 9.97 Å². The Bertz CT molecular complexity index is 197.